The van der Waals surface area contributed by atoms with Crippen molar-refractivity contribution in [3.63, 3.8) is 0 Å². The molecule has 2 heterocycles. The van der Waals surface area contributed by atoms with Gasteiger partial charge in [0.2, 0.25) is 0 Å². The standard InChI is InChI=1S/C12H9F3N2OS2/c13-12(14,15)7-2-1-3-8(6-7)17-9(18)10-16(11(17)19)4-5-20-10/h1-3,6,10H,4-5H2. The Morgan fingerprint density at radius 1 is 1.35 bits per heavy atom. The fraction of sp³-hybridized carbons (Fsp3) is 0.333. The van der Waals surface area contributed by atoms with E-state index in [4.69, 9.17) is 12.2 Å². The molecule has 0 radical (unpaired) electrons. The van der Waals surface area contributed by atoms with Gasteiger partial charge in [0, 0.05) is 12.3 Å². The van der Waals surface area contributed by atoms with Crippen molar-refractivity contribution in [3.05, 3.63) is 29.8 Å². The number of rotatable bonds is 1. The third-order valence-corrected chi connectivity index (χ3v) is 4.80. The van der Waals surface area contributed by atoms with Crippen LogP contribution in [0.3, 0.4) is 0 Å². The highest BCUT2D eigenvalue weighted by atomic mass is 32.2. The summed E-state index contributed by atoms with van der Waals surface area (Å²) in [5.41, 5.74) is -0.616. The normalized spacial score (nSPS) is 22.6. The molecule has 1 aromatic carbocycles. The number of thioether (sulfide) groups is 1. The number of hydrogen-bond donors (Lipinski definition) is 0. The number of fused-ring (bicyclic) bond motifs is 1. The molecule has 0 aromatic heterocycles. The van der Waals surface area contributed by atoms with Gasteiger partial charge in [-0.2, -0.15) is 13.2 Å². The molecular weight excluding hydrogens is 309 g/mol. The van der Waals surface area contributed by atoms with Gasteiger partial charge >= 0.3 is 6.18 Å². The van der Waals surface area contributed by atoms with Crippen LogP contribution in [-0.2, 0) is 11.0 Å². The van der Waals surface area contributed by atoms with Crippen LogP contribution in [0.25, 0.3) is 0 Å². The van der Waals surface area contributed by atoms with Gasteiger partial charge in [-0.1, -0.05) is 6.07 Å². The van der Waals surface area contributed by atoms with E-state index in [1.54, 1.807) is 4.90 Å². The summed E-state index contributed by atoms with van der Waals surface area (Å²) in [6, 6.07) is 4.68. The summed E-state index contributed by atoms with van der Waals surface area (Å²) in [4.78, 5) is 15.2. The Labute approximate surface area is 122 Å². The minimum atomic E-state index is -4.44. The monoisotopic (exact) mass is 318 g/mol. The molecule has 2 saturated heterocycles. The van der Waals surface area contributed by atoms with Crippen LogP contribution in [0.15, 0.2) is 24.3 Å². The second-order valence-corrected chi connectivity index (χ2v) is 5.97. The van der Waals surface area contributed by atoms with E-state index in [2.05, 4.69) is 0 Å². The van der Waals surface area contributed by atoms with E-state index >= 15 is 0 Å². The van der Waals surface area contributed by atoms with Crippen LogP contribution in [0.1, 0.15) is 5.56 Å². The molecule has 20 heavy (non-hydrogen) atoms. The zero-order chi connectivity index (χ0) is 14.5. The fourth-order valence-corrected chi connectivity index (χ4v) is 3.88. The average molecular weight is 318 g/mol. The first kappa shape index (κ1) is 13.7. The predicted molar refractivity (Wildman–Crippen MR) is 74.5 cm³/mol. The number of halogens is 3. The Morgan fingerprint density at radius 2 is 2.10 bits per heavy atom. The molecule has 1 atom stereocenters. The number of anilines is 1. The Kier molecular flexibility index (Phi) is 3.17. The molecule has 2 fully saturated rings. The number of alkyl halides is 3. The van der Waals surface area contributed by atoms with Crippen molar-refractivity contribution in [2.45, 2.75) is 11.6 Å². The fourth-order valence-electron chi connectivity index (χ4n) is 2.26. The summed E-state index contributed by atoms with van der Waals surface area (Å²) < 4.78 is 38.2. The van der Waals surface area contributed by atoms with Gasteiger partial charge in [0.15, 0.2) is 10.5 Å². The molecule has 1 unspecified atom stereocenters. The second-order valence-electron chi connectivity index (χ2n) is 4.42. The number of nitrogens with zero attached hydrogens (tertiary/aromatic N) is 2. The minimum absolute atomic E-state index is 0.171. The van der Waals surface area contributed by atoms with Gasteiger partial charge < -0.3 is 4.90 Å². The van der Waals surface area contributed by atoms with Gasteiger partial charge in [-0.3, -0.25) is 9.69 Å². The minimum Gasteiger partial charge on any atom is -0.327 e. The molecule has 1 aromatic rings. The largest absolute Gasteiger partial charge is 0.416 e. The van der Waals surface area contributed by atoms with Gasteiger partial charge in [-0.05, 0) is 30.4 Å². The Bertz CT molecular complexity index is 568. The summed E-state index contributed by atoms with van der Waals surface area (Å²) in [5, 5.41) is -0.110. The van der Waals surface area contributed by atoms with Crippen LogP contribution >= 0.6 is 24.0 Å². The molecular formula is C12H9F3N2OS2. The Morgan fingerprint density at radius 3 is 2.75 bits per heavy atom. The van der Waals surface area contributed by atoms with Crippen molar-refractivity contribution >= 4 is 40.7 Å². The van der Waals surface area contributed by atoms with Crippen molar-refractivity contribution in [1.29, 1.82) is 0 Å². The molecule has 0 bridgehead atoms. The smallest absolute Gasteiger partial charge is 0.327 e. The first-order valence-electron chi connectivity index (χ1n) is 5.83. The molecule has 2 aliphatic heterocycles. The van der Waals surface area contributed by atoms with Crippen LogP contribution in [0.5, 0.6) is 0 Å². The second kappa shape index (κ2) is 4.63. The highest BCUT2D eigenvalue weighted by Gasteiger charge is 2.46. The van der Waals surface area contributed by atoms with Crippen molar-refractivity contribution in [3.8, 4) is 0 Å². The summed E-state index contributed by atoms with van der Waals surface area (Å²) >= 11 is 6.67. The number of benzene rings is 1. The van der Waals surface area contributed by atoms with Crippen LogP contribution in [0, 0.1) is 0 Å². The van der Waals surface area contributed by atoms with E-state index < -0.39 is 17.1 Å². The number of hydrogen-bond acceptors (Lipinski definition) is 3. The molecule has 8 heteroatoms. The van der Waals surface area contributed by atoms with E-state index in [1.807, 2.05) is 0 Å². The van der Waals surface area contributed by atoms with E-state index in [0.717, 1.165) is 17.9 Å². The van der Waals surface area contributed by atoms with Gasteiger partial charge in [0.25, 0.3) is 5.91 Å². The van der Waals surface area contributed by atoms with E-state index in [9.17, 15) is 18.0 Å². The molecule has 3 rings (SSSR count). The summed E-state index contributed by atoms with van der Waals surface area (Å²) in [7, 11) is 0. The summed E-state index contributed by atoms with van der Waals surface area (Å²) in [5.74, 6) is 0.532. The lowest BCUT2D eigenvalue weighted by molar-refractivity contribution is -0.137. The number of thiocarbonyl (C=S) groups is 1. The van der Waals surface area contributed by atoms with Gasteiger partial charge in [-0.25, -0.2) is 0 Å². The molecule has 3 nitrogen and oxygen atoms in total. The first-order chi connectivity index (χ1) is 9.39. The number of carbonyl (C=O) groups is 1. The van der Waals surface area contributed by atoms with Gasteiger partial charge in [0.1, 0.15) is 0 Å². The maximum Gasteiger partial charge on any atom is 0.416 e. The first-order valence-corrected chi connectivity index (χ1v) is 7.29. The highest BCUT2D eigenvalue weighted by Crippen LogP contribution is 2.37. The van der Waals surface area contributed by atoms with E-state index in [-0.39, 0.29) is 16.7 Å². The van der Waals surface area contributed by atoms with Crippen LogP contribution in [0.2, 0.25) is 0 Å². The number of amides is 1. The average Bonchev–Trinajstić information content (AvgIpc) is 2.94. The quantitative estimate of drug-likeness (QED) is 0.743. The predicted octanol–water partition coefficient (Wildman–Crippen LogP) is 2.71. The molecule has 0 spiro atoms. The summed E-state index contributed by atoms with van der Waals surface area (Å²) in [6.07, 6.45) is -4.44. The molecule has 1 amide bonds. The van der Waals surface area contributed by atoms with Crippen LogP contribution in [0.4, 0.5) is 18.9 Å². The van der Waals surface area contributed by atoms with Crippen LogP contribution < -0.4 is 4.90 Å². The topological polar surface area (TPSA) is 23.6 Å². The SMILES string of the molecule is O=C1C2SCCN2C(=S)N1c1cccc(C(F)(F)F)c1. The van der Waals surface area contributed by atoms with Crippen molar-refractivity contribution < 1.29 is 18.0 Å². The molecule has 106 valence electrons. The maximum atomic E-state index is 12.7. The zero-order valence-electron chi connectivity index (χ0n) is 10.1. The Hall–Kier alpha value is -1.28. The van der Waals surface area contributed by atoms with Crippen molar-refractivity contribution in [2.75, 3.05) is 17.2 Å². The van der Waals surface area contributed by atoms with E-state index in [1.165, 1.54) is 28.8 Å². The lowest BCUT2D eigenvalue weighted by atomic mass is 10.2. The molecule has 0 aliphatic carbocycles. The third-order valence-electron chi connectivity index (χ3n) is 3.19. The number of carbonyl (C=O) groups excluding carboxylic acids is 1. The zero-order valence-corrected chi connectivity index (χ0v) is 11.7. The molecule has 2 aliphatic rings. The van der Waals surface area contributed by atoms with E-state index in [0.29, 0.717) is 6.54 Å². The lowest BCUT2D eigenvalue weighted by Gasteiger charge is -2.19. The van der Waals surface area contributed by atoms with Gasteiger partial charge in [0.05, 0.1) is 11.3 Å². The molecule has 0 saturated carbocycles. The van der Waals surface area contributed by atoms with Gasteiger partial charge in [-0.15, -0.1) is 11.8 Å². The van der Waals surface area contributed by atoms with Crippen LogP contribution in [-0.4, -0.2) is 33.6 Å². The lowest BCUT2D eigenvalue weighted by Crippen LogP contribution is -2.33. The van der Waals surface area contributed by atoms with Crippen molar-refractivity contribution in [2.24, 2.45) is 0 Å². The maximum absolute atomic E-state index is 12.7. The van der Waals surface area contributed by atoms with Crippen molar-refractivity contribution in [1.82, 2.24) is 4.90 Å². The Balaban J connectivity index is 1.98. The third kappa shape index (κ3) is 2.07. The molecule has 0 N–H and O–H groups in total. The highest BCUT2D eigenvalue weighted by molar-refractivity contribution is 8.01. The summed E-state index contributed by atoms with van der Waals surface area (Å²) in [6.45, 7) is 0.648.